The fraction of sp³-hybridized carbons (Fsp3) is 0.333. The number of carbonyl (C=O) groups is 1. The lowest BCUT2D eigenvalue weighted by Gasteiger charge is -2.18. The molecule has 0 unspecified atom stereocenters. The highest BCUT2D eigenvalue weighted by Gasteiger charge is 2.26. The van der Waals surface area contributed by atoms with Crippen LogP contribution in [0.4, 0.5) is 5.82 Å². The van der Waals surface area contributed by atoms with E-state index in [0.29, 0.717) is 6.42 Å². The maximum absolute atomic E-state index is 12.2. The van der Waals surface area contributed by atoms with Crippen molar-refractivity contribution in [2.24, 2.45) is 0 Å². The summed E-state index contributed by atoms with van der Waals surface area (Å²) in [6.07, 6.45) is 6.68. The Kier molecular flexibility index (Phi) is 5.01. The van der Waals surface area contributed by atoms with Gasteiger partial charge in [0.05, 0.1) is 0 Å². The number of thioether (sulfide) groups is 1. The summed E-state index contributed by atoms with van der Waals surface area (Å²) in [6, 6.07) is 10.3. The number of rotatable bonds is 6. The highest BCUT2D eigenvalue weighted by atomic mass is 32.2. The number of benzene rings is 1. The van der Waals surface area contributed by atoms with E-state index in [1.807, 2.05) is 28.8 Å². The van der Waals surface area contributed by atoms with E-state index in [-0.39, 0.29) is 11.9 Å². The average molecular weight is 368 g/mol. The zero-order chi connectivity index (χ0) is 17.8. The maximum atomic E-state index is 12.2. The average Bonchev–Trinajstić information content (AvgIpc) is 3.31. The third-order valence-electron chi connectivity index (χ3n) is 4.39. The van der Waals surface area contributed by atoms with Crippen LogP contribution in [-0.2, 0) is 4.79 Å². The van der Waals surface area contributed by atoms with Gasteiger partial charge in [-0.2, -0.15) is 0 Å². The van der Waals surface area contributed by atoms with Gasteiger partial charge in [0.25, 0.3) is 0 Å². The number of aromatic nitrogens is 4. The molecule has 0 radical (unpaired) electrons. The van der Waals surface area contributed by atoms with Gasteiger partial charge in [-0.15, -0.1) is 22.0 Å². The van der Waals surface area contributed by atoms with Crippen molar-refractivity contribution in [1.29, 1.82) is 0 Å². The predicted molar refractivity (Wildman–Crippen MR) is 101 cm³/mol. The first kappa shape index (κ1) is 16.8. The summed E-state index contributed by atoms with van der Waals surface area (Å²) in [4.78, 5) is 20.0. The number of nitrogens with one attached hydrogen (secondary N) is 1. The zero-order valence-electron chi connectivity index (χ0n) is 14.3. The Hall–Kier alpha value is -2.61. The first-order valence-electron chi connectivity index (χ1n) is 8.66. The van der Waals surface area contributed by atoms with Gasteiger partial charge in [-0.1, -0.05) is 18.2 Å². The SMILES string of the molecule is O=C(CCSc1ccccc1)N[C@@H]1CCN(c2nccn3cnnc23)C1. The van der Waals surface area contributed by atoms with E-state index in [1.165, 1.54) is 4.90 Å². The third-order valence-corrected chi connectivity index (χ3v) is 5.40. The maximum Gasteiger partial charge on any atom is 0.221 e. The molecule has 7 nitrogen and oxygen atoms in total. The molecule has 0 bridgehead atoms. The highest BCUT2D eigenvalue weighted by molar-refractivity contribution is 7.99. The van der Waals surface area contributed by atoms with Crippen LogP contribution in [0.3, 0.4) is 0 Å². The molecule has 1 fully saturated rings. The minimum Gasteiger partial charge on any atom is -0.351 e. The van der Waals surface area contributed by atoms with Gasteiger partial charge < -0.3 is 10.2 Å². The number of fused-ring (bicyclic) bond motifs is 1. The van der Waals surface area contributed by atoms with Crippen LogP contribution in [0.1, 0.15) is 12.8 Å². The van der Waals surface area contributed by atoms with Crippen molar-refractivity contribution in [3.05, 3.63) is 49.1 Å². The van der Waals surface area contributed by atoms with Gasteiger partial charge in [0.1, 0.15) is 6.33 Å². The first-order chi connectivity index (χ1) is 12.8. The molecule has 1 amide bonds. The molecular formula is C18H20N6OS. The van der Waals surface area contributed by atoms with E-state index in [2.05, 4.69) is 37.5 Å². The van der Waals surface area contributed by atoms with Crippen LogP contribution >= 0.6 is 11.8 Å². The standard InChI is InChI=1S/C18H20N6OS/c25-16(7-11-26-15-4-2-1-3-5-15)21-14-6-9-23(12-14)17-18-22-20-13-24(18)10-8-19-17/h1-5,8,10,13-14H,6-7,9,11-12H2,(H,21,25)/t14-/m1/s1. The van der Waals surface area contributed by atoms with Crippen LogP contribution in [0.15, 0.2) is 53.9 Å². The van der Waals surface area contributed by atoms with Crippen molar-refractivity contribution in [3.63, 3.8) is 0 Å². The summed E-state index contributed by atoms with van der Waals surface area (Å²) < 4.78 is 1.86. The van der Waals surface area contributed by atoms with Crippen LogP contribution in [0.2, 0.25) is 0 Å². The molecule has 1 N–H and O–H groups in total. The van der Waals surface area contributed by atoms with Crippen molar-refractivity contribution < 1.29 is 4.79 Å². The van der Waals surface area contributed by atoms with Crippen LogP contribution in [-0.4, -0.2) is 50.4 Å². The summed E-state index contributed by atoms with van der Waals surface area (Å²) in [5.74, 6) is 1.71. The molecule has 0 saturated carbocycles. The van der Waals surface area contributed by atoms with E-state index in [4.69, 9.17) is 0 Å². The molecule has 3 aromatic rings. The van der Waals surface area contributed by atoms with Crippen LogP contribution in [0.5, 0.6) is 0 Å². The number of carbonyl (C=O) groups excluding carboxylic acids is 1. The van der Waals surface area contributed by atoms with Gasteiger partial charge >= 0.3 is 0 Å². The van der Waals surface area contributed by atoms with Gasteiger partial charge in [0, 0.05) is 48.6 Å². The Labute approximate surface area is 155 Å². The normalized spacial score (nSPS) is 16.9. The summed E-state index contributed by atoms with van der Waals surface area (Å²) in [5.41, 5.74) is 0.749. The van der Waals surface area contributed by atoms with Crippen LogP contribution < -0.4 is 10.2 Å². The van der Waals surface area contributed by atoms with Crippen molar-refractivity contribution >= 4 is 29.1 Å². The number of amides is 1. The molecule has 1 aromatic carbocycles. The van der Waals surface area contributed by atoms with Crippen molar-refractivity contribution in [2.45, 2.75) is 23.8 Å². The minimum atomic E-state index is 0.105. The number of anilines is 1. The summed E-state index contributed by atoms with van der Waals surface area (Å²) in [6.45, 7) is 1.60. The molecule has 4 rings (SSSR count). The van der Waals surface area contributed by atoms with Crippen molar-refractivity contribution in [2.75, 3.05) is 23.7 Å². The summed E-state index contributed by atoms with van der Waals surface area (Å²) in [5, 5.41) is 11.2. The van der Waals surface area contributed by atoms with Gasteiger partial charge in [0.15, 0.2) is 5.82 Å². The molecule has 8 heteroatoms. The monoisotopic (exact) mass is 368 g/mol. The number of hydrogen-bond donors (Lipinski definition) is 1. The van der Waals surface area contributed by atoms with Crippen molar-refractivity contribution in [1.82, 2.24) is 24.9 Å². The largest absolute Gasteiger partial charge is 0.351 e. The lowest BCUT2D eigenvalue weighted by Crippen LogP contribution is -2.37. The lowest BCUT2D eigenvalue weighted by atomic mass is 10.2. The second-order valence-electron chi connectivity index (χ2n) is 6.22. The zero-order valence-corrected chi connectivity index (χ0v) is 15.1. The van der Waals surface area contributed by atoms with Crippen LogP contribution in [0, 0.1) is 0 Å². The molecule has 3 heterocycles. The molecule has 2 aromatic heterocycles. The van der Waals surface area contributed by atoms with E-state index in [1.54, 1.807) is 24.3 Å². The predicted octanol–water partition coefficient (Wildman–Crippen LogP) is 2.00. The number of nitrogens with zero attached hydrogens (tertiary/aromatic N) is 5. The molecule has 134 valence electrons. The second-order valence-corrected chi connectivity index (χ2v) is 7.39. The molecule has 1 saturated heterocycles. The number of hydrogen-bond acceptors (Lipinski definition) is 6. The Bertz CT molecular complexity index is 884. The fourth-order valence-electron chi connectivity index (χ4n) is 3.12. The smallest absolute Gasteiger partial charge is 0.221 e. The quantitative estimate of drug-likeness (QED) is 0.671. The Morgan fingerprint density at radius 2 is 2.19 bits per heavy atom. The van der Waals surface area contributed by atoms with E-state index >= 15 is 0 Å². The topological polar surface area (TPSA) is 75.4 Å². The summed E-state index contributed by atoms with van der Waals surface area (Å²) in [7, 11) is 0. The minimum absolute atomic E-state index is 0.105. The Balaban J connectivity index is 1.27. The summed E-state index contributed by atoms with van der Waals surface area (Å²) >= 11 is 1.71. The van der Waals surface area contributed by atoms with E-state index in [9.17, 15) is 4.79 Å². The van der Waals surface area contributed by atoms with Crippen molar-refractivity contribution in [3.8, 4) is 0 Å². The van der Waals surface area contributed by atoms with Gasteiger partial charge in [-0.25, -0.2) is 4.98 Å². The van der Waals surface area contributed by atoms with Gasteiger partial charge in [-0.3, -0.25) is 9.20 Å². The molecule has 26 heavy (non-hydrogen) atoms. The van der Waals surface area contributed by atoms with E-state index in [0.717, 1.165) is 36.7 Å². The highest BCUT2D eigenvalue weighted by Crippen LogP contribution is 2.22. The molecule has 0 spiro atoms. The second kappa shape index (κ2) is 7.74. The lowest BCUT2D eigenvalue weighted by molar-refractivity contribution is -0.121. The molecule has 1 atom stereocenters. The van der Waals surface area contributed by atoms with E-state index < -0.39 is 0 Å². The van der Waals surface area contributed by atoms with Gasteiger partial charge in [0.2, 0.25) is 11.6 Å². The first-order valence-corrected chi connectivity index (χ1v) is 9.64. The molecule has 1 aliphatic rings. The van der Waals surface area contributed by atoms with Gasteiger partial charge in [-0.05, 0) is 18.6 Å². The van der Waals surface area contributed by atoms with Crippen LogP contribution in [0.25, 0.3) is 5.65 Å². The third kappa shape index (κ3) is 3.80. The molecular weight excluding hydrogens is 348 g/mol. The molecule has 1 aliphatic heterocycles. The Morgan fingerprint density at radius 3 is 3.08 bits per heavy atom. The molecule has 0 aliphatic carbocycles. The fourth-order valence-corrected chi connectivity index (χ4v) is 3.99. The Morgan fingerprint density at radius 1 is 1.31 bits per heavy atom.